The minimum atomic E-state index is -0.695. The van der Waals surface area contributed by atoms with Crippen LogP contribution >= 0.6 is 0 Å². The van der Waals surface area contributed by atoms with Crippen LogP contribution in [0.25, 0.3) is 0 Å². The Morgan fingerprint density at radius 1 is 1.21 bits per heavy atom. The maximum atomic E-state index is 13.6. The van der Waals surface area contributed by atoms with Crippen molar-refractivity contribution in [1.82, 2.24) is 5.32 Å². The molecule has 0 aliphatic heterocycles. The van der Waals surface area contributed by atoms with Crippen LogP contribution in [0.4, 0.5) is 8.78 Å². The molecule has 1 aromatic carbocycles. The first-order valence-electron chi connectivity index (χ1n) is 6.39. The molecule has 1 aliphatic carbocycles. The topological polar surface area (TPSA) is 56.0 Å². The molecule has 0 radical (unpaired) electrons. The predicted molar refractivity (Wildman–Crippen MR) is 66.2 cm³/mol. The number of aliphatic hydroxyl groups excluding tert-OH is 1. The Morgan fingerprint density at radius 3 is 2.32 bits per heavy atom. The number of nitrogens with zero attached hydrogens (tertiary/aromatic N) is 1. The SMILES string of the molecule is N#Cc1cc(F)c(CNC2CCC(O)CC2)c(F)c1. The van der Waals surface area contributed by atoms with Gasteiger partial charge in [-0.25, -0.2) is 8.78 Å². The Labute approximate surface area is 110 Å². The number of halogens is 2. The molecule has 0 spiro atoms. The van der Waals surface area contributed by atoms with Gasteiger partial charge in [0.25, 0.3) is 0 Å². The minimum Gasteiger partial charge on any atom is -0.393 e. The molecule has 1 fully saturated rings. The highest BCUT2D eigenvalue weighted by atomic mass is 19.1. The van der Waals surface area contributed by atoms with Gasteiger partial charge in [-0.2, -0.15) is 5.26 Å². The van der Waals surface area contributed by atoms with Gasteiger partial charge in [0.05, 0.1) is 17.7 Å². The van der Waals surface area contributed by atoms with E-state index in [1.54, 1.807) is 6.07 Å². The van der Waals surface area contributed by atoms with Gasteiger partial charge in [0.2, 0.25) is 0 Å². The highest BCUT2D eigenvalue weighted by molar-refractivity contribution is 5.34. The monoisotopic (exact) mass is 266 g/mol. The van der Waals surface area contributed by atoms with E-state index >= 15 is 0 Å². The molecule has 0 heterocycles. The standard InChI is InChI=1S/C14H16F2N2O/c15-13-5-9(7-17)6-14(16)12(13)8-18-10-1-3-11(19)4-2-10/h5-6,10-11,18-19H,1-4,8H2. The molecule has 0 aromatic heterocycles. The number of nitriles is 1. The van der Waals surface area contributed by atoms with Gasteiger partial charge in [0.15, 0.2) is 0 Å². The molecule has 1 aliphatic rings. The molecule has 1 aromatic rings. The summed E-state index contributed by atoms with van der Waals surface area (Å²) >= 11 is 0. The van der Waals surface area contributed by atoms with Crippen molar-refractivity contribution in [2.45, 2.75) is 44.4 Å². The third kappa shape index (κ3) is 3.49. The summed E-state index contributed by atoms with van der Waals surface area (Å²) < 4.78 is 27.3. The number of nitrogens with one attached hydrogen (secondary N) is 1. The van der Waals surface area contributed by atoms with Crippen LogP contribution in [0.2, 0.25) is 0 Å². The van der Waals surface area contributed by atoms with Crippen LogP contribution in [0.5, 0.6) is 0 Å². The fraction of sp³-hybridized carbons (Fsp3) is 0.500. The Bertz CT molecular complexity index is 468. The number of benzene rings is 1. The Balaban J connectivity index is 1.98. The molecule has 0 atom stereocenters. The zero-order chi connectivity index (χ0) is 13.8. The Kier molecular flexibility index (Phi) is 4.46. The highest BCUT2D eigenvalue weighted by Crippen LogP contribution is 2.20. The lowest BCUT2D eigenvalue weighted by molar-refractivity contribution is 0.116. The van der Waals surface area contributed by atoms with E-state index < -0.39 is 11.6 Å². The van der Waals surface area contributed by atoms with Crippen molar-refractivity contribution in [1.29, 1.82) is 5.26 Å². The summed E-state index contributed by atoms with van der Waals surface area (Å²) in [5, 5.41) is 21.1. The first-order chi connectivity index (χ1) is 9.10. The number of rotatable bonds is 3. The molecule has 19 heavy (non-hydrogen) atoms. The molecule has 3 nitrogen and oxygen atoms in total. The van der Waals surface area contributed by atoms with Gasteiger partial charge in [-0.05, 0) is 37.8 Å². The number of hydrogen-bond acceptors (Lipinski definition) is 3. The zero-order valence-corrected chi connectivity index (χ0v) is 10.5. The van der Waals surface area contributed by atoms with E-state index in [9.17, 15) is 13.9 Å². The van der Waals surface area contributed by atoms with Crippen molar-refractivity contribution in [2.24, 2.45) is 0 Å². The van der Waals surface area contributed by atoms with Crippen molar-refractivity contribution in [2.75, 3.05) is 0 Å². The summed E-state index contributed by atoms with van der Waals surface area (Å²) in [7, 11) is 0. The molecule has 0 amide bonds. The van der Waals surface area contributed by atoms with E-state index in [0.717, 1.165) is 37.8 Å². The van der Waals surface area contributed by atoms with Crippen molar-refractivity contribution in [3.8, 4) is 6.07 Å². The summed E-state index contributed by atoms with van der Waals surface area (Å²) in [5.74, 6) is -1.39. The highest BCUT2D eigenvalue weighted by Gasteiger charge is 2.20. The van der Waals surface area contributed by atoms with Gasteiger partial charge in [-0.1, -0.05) is 0 Å². The van der Waals surface area contributed by atoms with E-state index in [2.05, 4.69) is 5.32 Å². The molecule has 0 unspecified atom stereocenters. The van der Waals surface area contributed by atoms with Gasteiger partial charge >= 0.3 is 0 Å². The molecule has 2 N–H and O–H groups in total. The van der Waals surface area contributed by atoms with Crippen LogP contribution < -0.4 is 5.32 Å². The smallest absolute Gasteiger partial charge is 0.131 e. The van der Waals surface area contributed by atoms with E-state index in [1.807, 2.05) is 0 Å². The van der Waals surface area contributed by atoms with Crippen LogP contribution in [0.3, 0.4) is 0 Å². The minimum absolute atomic E-state index is 0.0143. The molecular formula is C14H16F2N2O. The Morgan fingerprint density at radius 2 is 1.79 bits per heavy atom. The summed E-state index contributed by atoms with van der Waals surface area (Å²) in [6.07, 6.45) is 2.80. The van der Waals surface area contributed by atoms with Gasteiger partial charge in [0, 0.05) is 18.2 Å². The van der Waals surface area contributed by atoms with Gasteiger partial charge in [-0.15, -0.1) is 0 Å². The van der Waals surface area contributed by atoms with Gasteiger partial charge in [-0.3, -0.25) is 0 Å². The first-order valence-corrected chi connectivity index (χ1v) is 6.39. The predicted octanol–water partition coefficient (Wildman–Crippen LogP) is 2.23. The van der Waals surface area contributed by atoms with Crippen molar-refractivity contribution >= 4 is 0 Å². The maximum absolute atomic E-state index is 13.6. The third-order valence-electron chi connectivity index (χ3n) is 3.53. The van der Waals surface area contributed by atoms with E-state index in [-0.39, 0.29) is 29.8 Å². The average molecular weight is 266 g/mol. The largest absolute Gasteiger partial charge is 0.393 e. The fourth-order valence-electron chi connectivity index (χ4n) is 2.36. The lowest BCUT2D eigenvalue weighted by Crippen LogP contribution is -2.34. The molecular weight excluding hydrogens is 250 g/mol. The fourth-order valence-corrected chi connectivity index (χ4v) is 2.36. The summed E-state index contributed by atoms with van der Waals surface area (Å²) in [5.41, 5.74) is -0.0512. The quantitative estimate of drug-likeness (QED) is 0.882. The van der Waals surface area contributed by atoms with Crippen LogP contribution in [0.15, 0.2) is 12.1 Å². The summed E-state index contributed by atoms with van der Waals surface area (Å²) in [4.78, 5) is 0. The van der Waals surface area contributed by atoms with Crippen molar-refractivity contribution < 1.29 is 13.9 Å². The van der Waals surface area contributed by atoms with Crippen molar-refractivity contribution in [3.63, 3.8) is 0 Å². The summed E-state index contributed by atoms with van der Waals surface area (Å²) in [6, 6.07) is 3.99. The van der Waals surface area contributed by atoms with Crippen LogP contribution in [0, 0.1) is 23.0 Å². The summed E-state index contributed by atoms with van der Waals surface area (Å²) in [6.45, 7) is 0.101. The zero-order valence-electron chi connectivity index (χ0n) is 10.5. The van der Waals surface area contributed by atoms with Crippen LogP contribution in [-0.2, 0) is 6.54 Å². The molecule has 102 valence electrons. The third-order valence-corrected chi connectivity index (χ3v) is 3.53. The molecule has 5 heteroatoms. The second-order valence-electron chi connectivity index (χ2n) is 4.92. The molecule has 1 saturated carbocycles. The maximum Gasteiger partial charge on any atom is 0.131 e. The van der Waals surface area contributed by atoms with E-state index in [4.69, 9.17) is 5.26 Å². The Hall–Kier alpha value is -1.51. The average Bonchev–Trinajstić information content (AvgIpc) is 2.39. The first kappa shape index (κ1) is 13.9. The second-order valence-corrected chi connectivity index (χ2v) is 4.92. The van der Waals surface area contributed by atoms with E-state index in [0.29, 0.717) is 0 Å². The van der Waals surface area contributed by atoms with E-state index in [1.165, 1.54) is 0 Å². The second kappa shape index (κ2) is 6.09. The molecule has 0 bridgehead atoms. The van der Waals surface area contributed by atoms with Gasteiger partial charge < -0.3 is 10.4 Å². The number of aliphatic hydroxyl groups is 1. The van der Waals surface area contributed by atoms with Crippen LogP contribution in [0.1, 0.15) is 36.8 Å². The van der Waals surface area contributed by atoms with Gasteiger partial charge in [0.1, 0.15) is 11.6 Å². The van der Waals surface area contributed by atoms with Crippen LogP contribution in [-0.4, -0.2) is 17.3 Å². The molecule has 2 rings (SSSR count). The van der Waals surface area contributed by atoms with Crippen molar-refractivity contribution in [3.05, 3.63) is 34.9 Å². The molecule has 0 saturated heterocycles. The lowest BCUT2D eigenvalue weighted by Gasteiger charge is -2.26. The lowest BCUT2D eigenvalue weighted by atomic mass is 9.93. The number of hydrogen-bond donors (Lipinski definition) is 2. The normalized spacial score (nSPS) is 23.1.